The number of H-pyrrole nitrogens is 1. The average Bonchev–Trinajstić information content (AvgIpc) is 1.65. The summed E-state index contributed by atoms with van der Waals surface area (Å²) in [7, 11) is -5.07. The summed E-state index contributed by atoms with van der Waals surface area (Å²) in [5.74, 6) is -3.35. The summed E-state index contributed by atoms with van der Waals surface area (Å²) in [5.41, 5.74) is 10.5. The first-order valence-electron chi connectivity index (χ1n) is 28.9. The van der Waals surface area contributed by atoms with Gasteiger partial charge in [0, 0.05) is 48.7 Å². The van der Waals surface area contributed by atoms with Crippen LogP contribution in [0.15, 0.2) is 90.4 Å². The van der Waals surface area contributed by atoms with E-state index in [2.05, 4.69) is 31.2 Å². The van der Waals surface area contributed by atoms with Crippen LogP contribution >= 0.6 is 30.5 Å². The number of fused-ring (bicyclic) bond motifs is 1. The minimum atomic E-state index is -5.07. The molecular formula is C62H69ClN9O13PS. The van der Waals surface area contributed by atoms with E-state index in [1.54, 1.807) is 29.5 Å². The van der Waals surface area contributed by atoms with Crippen molar-refractivity contribution in [2.24, 2.45) is 11.1 Å². The molecule has 10 N–H and O–H groups in total. The van der Waals surface area contributed by atoms with E-state index in [4.69, 9.17) is 22.1 Å². The van der Waals surface area contributed by atoms with Crippen LogP contribution in [0.3, 0.4) is 0 Å². The third-order valence-corrected chi connectivity index (χ3v) is 18.8. The molecular weight excluding hydrogens is 1180 g/mol. The molecule has 458 valence electrons. The third-order valence-electron chi connectivity index (χ3n) is 16.7. The number of thiazole rings is 1. The summed E-state index contributed by atoms with van der Waals surface area (Å²) in [6.45, 7) is 7.20. The number of halogens is 1. The zero-order chi connectivity index (χ0) is 62.3. The summed E-state index contributed by atoms with van der Waals surface area (Å²) >= 11 is 8.50. The Kier molecular flexibility index (Phi) is 18.0. The average molecular weight is 1250 g/mol. The number of aliphatic hydroxyl groups excluding tert-OH is 1. The Morgan fingerprint density at radius 2 is 1.68 bits per heavy atom. The molecule has 0 spiro atoms. The maximum atomic E-state index is 14.6. The van der Waals surface area contributed by atoms with Crippen LogP contribution in [0.4, 0.5) is 5.69 Å². The van der Waals surface area contributed by atoms with Crippen LogP contribution in [0, 0.1) is 12.3 Å². The predicted octanol–water partition coefficient (Wildman–Crippen LogP) is 6.02. The number of carbonyl (C=O) groups is 8. The molecule has 3 aliphatic heterocycles. The van der Waals surface area contributed by atoms with Gasteiger partial charge in [-0.3, -0.25) is 47.8 Å². The van der Waals surface area contributed by atoms with E-state index in [1.165, 1.54) is 34.1 Å². The summed E-state index contributed by atoms with van der Waals surface area (Å²) in [6.07, 6.45) is 1.91. The molecule has 4 aromatic carbocycles. The number of amides is 7. The molecule has 6 atom stereocenters. The van der Waals surface area contributed by atoms with Crippen LogP contribution in [-0.4, -0.2) is 126 Å². The number of ether oxygens (including phenoxy) is 1. The number of nitrogens with one attached hydrogen (secondary N) is 5. The molecule has 1 saturated carbocycles. The number of nitrogens with zero attached hydrogens (tertiary/aromatic N) is 3. The number of primary amides is 1. The first-order chi connectivity index (χ1) is 41.3. The molecule has 4 aliphatic rings. The normalized spacial score (nSPS) is 19.4. The van der Waals surface area contributed by atoms with E-state index in [0.29, 0.717) is 41.4 Å². The van der Waals surface area contributed by atoms with Crippen molar-refractivity contribution in [3.63, 3.8) is 0 Å². The zero-order valence-corrected chi connectivity index (χ0v) is 50.9. The SMILES string of the molecule is Cc1ncsc1-c1ccc(C2(NC(=O)[C@@H]3C[C@@H](O)CN3C(=O)[C@@H](NC(=O)CCCc3cccc(OC[C@H](CCC(N)=O)NC(=O)[C@@H]4Cc5cccc6c5N4C(=O)[C@@H](NC(=O)c4cc5cc(C(=O)P(=O)(O)O)ccc5[nH]4)CC6)c3Cl)C(C)(C)C)CC2)cc1. The van der Waals surface area contributed by atoms with Gasteiger partial charge in [-0.15, -0.1) is 11.3 Å². The van der Waals surface area contributed by atoms with Gasteiger partial charge in [-0.1, -0.05) is 87.0 Å². The van der Waals surface area contributed by atoms with Crippen molar-refractivity contribution < 1.29 is 62.6 Å². The quantitative estimate of drug-likeness (QED) is 0.0351. The van der Waals surface area contributed by atoms with E-state index in [-0.39, 0.29) is 79.6 Å². The molecule has 22 nitrogen and oxygen atoms in total. The smallest absolute Gasteiger partial charge is 0.396 e. The van der Waals surface area contributed by atoms with Gasteiger partial charge in [0.05, 0.1) is 44.5 Å². The number of aromatic amines is 1. The number of carbonyl (C=O) groups excluding carboxylic acids is 8. The van der Waals surface area contributed by atoms with Crippen molar-refractivity contribution in [1.29, 1.82) is 0 Å². The van der Waals surface area contributed by atoms with Crippen LogP contribution < -0.4 is 36.6 Å². The number of β-amino-alcohol motifs (C(OH)–C–C–N with tert-alkyl or cyclic N) is 1. The van der Waals surface area contributed by atoms with Crippen molar-refractivity contribution >= 4 is 94.0 Å². The number of aromatic nitrogens is 2. The monoisotopic (exact) mass is 1250 g/mol. The number of rotatable bonds is 22. The van der Waals surface area contributed by atoms with Gasteiger partial charge in [-0.25, -0.2) is 4.98 Å². The van der Waals surface area contributed by atoms with Crippen LogP contribution in [0.2, 0.25) is 5.02 Å². The number of anilines is 1. The fourth-order valence-electron chi connectivity index (χ4n) is 11.9. The second-order valence-corrected chi connectivity index (χ2v) is 26.8. The Labute approximate surface area is 510 Å². The molecule has 5 heterocycles. The number of nitrogens with two attached hydrogens (primary N) is 1. The van der Waals surface area contributed by atoms with Gasteiger partial charge in [-0.05, 0) is 115 Å². The molecule has 0 unspecified atom stereocenters. The highest BCUT2D eigenvalue weighted by molar-refractivity contribution is 7.70. The molecule has 7 amide bonds. The van der Waals surface area contributed by atoms with Crippen LogP contribution in [0.25, 0.3) is 21.3 Å². The van der Waals surface area contributed by atoms with Crippen molar-refractivity contribution in [2.45, 2.75) is 140 Å². The van der Waals surface area contributed by atoms with Gasteiger partial charge in [0.2, 0.25) is 35.4 Å². The molecule has 2 aromatic heterocycles. The second kappa shape index (κ2) is 25.1. The molecule has 0 radical (unpaired) electrons. The second-order valence-electron chi connectivity index (χ2n) is 24.0. The van der Waals surface area contributed by atoms with Crippen molar-refractivity contribution in [1.82, 2.24) is 36.1 Å². The summed E-state index contributed by atoms with van der Waals surface area (Å²) in [6, 6.07) is 19.1. The Bertz CT molecular complexity index is 3760. The van der Waals surface area contributed by atoms with E-state index >= 15 is 0 Å². The Morgan fingerprint density at radius 3 is 2.37 bits per heavy atom. The first kappa shape index (κ1) is 62.3. The number of para-hydroxylation sites is 1. The first-order valence-corrected chi connectivity index (χ1v) is 31.7. The lowest BCUT2D eigenvalue weighted by molar-refractivity contribution is -0.144. The van der Waals surface area contributed by atoms with Gasteiger partial charge in [0.15, 0.2) is 0 Å². The number of aliphatic hydroxyl groups is 1. The van der Waals surface area contributed by atoms with Crippen molar-refractivity contribution in [2.75, 3.05) is 18.1 Å². The fraction of sp³-hybridized carbons (Fsp3) is 0.403. The highest BCUT2D eigenvalue weighted by Crippen LogP contribution is 2.47. The minimum absolute atomic E-state index is 0.0126. The molecule has 87 heavy (non-hydrogen) atoms. The molecule has 2 fully saturated rings. The number of benzene rings is 4. The molecule has 25 heteroatoms. The maximum absolute atomic E-state index is 14.6. The van der Waals surface area contributed by atoms with Crippen LogP contribution in [0.1, 0.15) is 121 Å². The van der Waals surface area contributed by atoms with E-state index < -0.39 is 95.8 Å². The van der Waals surface area contributed by atoms with Gasteiger partial charge in [0.25, 0.3) is 11.4 Å². The minimum Gasteiger partial charge on any atom is -0.490 e. The summed E-state index contributed by atoms with van der Waals surface area (Å²) in [4.78, 5) is 139. The Hall–Kier alpha value is -7.79. The topological polar surface area (TPSA) is 333 Å². The predicted molar refractivity (Wildman–Crippen MR) is 325 cm³/mol. The van der Waals surface area contributed by atoms with Gasteiger partial charge in [-0.2, -0.15) is 0 Å². The van der Waals surface area contributed by atoms with E-state index in [0.717, 1.165) is 45.7 Å². The zero-order valence-electron chi connectivity index (χ0n) is 48.4. The molecule has 6 aromatic rings. The molecule has 0 bridgehead atoms. The molecule has 1 aliphatic carbocycles. The highest BCUT2D eigenvalue weighted by Gasteiger charge is 2.51. The maximum Gasteiger partial charge on any atom is 0.396 e. The van der Waals surface area contributed by atoms with Crippen LogP contribution in [-0.2, 0) is 58.1 Å². The molecule has 1 saturated heterocycles. The Balaban J connectivity index is 0.748. The summed E-state index contributed by atoms with van der Waals surface area (Å²) in [5, 5.41) is 23.3. The van der Waals surface area contributed by atoms with Crippen molar-refractivity contribution in [3.8, 4) is 16.2 Å². The number of aryl methyl sites for hydroxylation is 3. The van der Waals surface area contributed by atoms with Crippen LogP contribution in [0.5, 0.6) is 5.75 Å². The lowest BCUT2D eigenvalue weighted by Crippen LogP contribution is -2.58. The number of hydrogen-bond donors (Lipinski definition) is 9. The molecule has 10 rings (SSSR count). The van der Waals surface area contributed by atoms with E-state index in [9.17, 15) is 57.8 Å². The summed E-state index contributed by atoms with van der Waals surface area (Å²) < 4.78 is 17.9. The fourth-order valence-corrected chi connectivity index (χ4v) is 13.4. The lowest BCUT2D eigenvalue weighted by Gasteiger charge is -2.35. The van der Waals surface area contributed by atoms with Gasteiger partial charge >= 0.3 is 7.60 Å². The van der Waals surface area contributed by atoms with E-state index in [1.807, 2.05) is 75.7 Å². The lowest BCUT2D eigenvalue weighted by atomic mass is 9.85. The number of likely N-dealkylation sites (tertiary alicyclic amines) is 1. The number of hydrogen-bond acceptors (Lipinski definition) is 13. The van der Waals surface area contributed by atoms with Gasteiger partial charge < -0.3 is 56.5 Å². The van der Waals surface area contributed by atoms with Gasteiger partial charge in [0.1, 0.15) is 42.2 Å². The largest absolute Gasteiger partial charge is 0.490 e. The third kappa shape index (κ3) is 13.7. The highest BCUT2D eigenvalue weighted by atomic mass is 35.5. The Morgan fingerprint density at radius 1 is 0.943 bits per heavy atom. The standard InChI is InChI=1S/C62H69ClN9O13PS/c1-33-53(87-32-65-33)36-14-18-40(19-15-36)62(24-25-62)70-57(78)46-29-42(73)30-71(46)59(80)54(61(2,3)4)69-50(75)13-7-9-34-8-6-12-48(51(34)63)85-31-41(20-23-49(64)74)66-56(77)47-28-37-11-5-10-35-16-22-44(58(79)72(47)52(35)37)68-55(76)45-27-39-26-38(17-21-43(39)67-45)60(81)86(82,83)84/h5-6,8,10-12,14-15,17-19,21,26-27,32,41-42,44,46-47,54,67,73H,7,9,13,16,20,22-25,28-31H2,1-4H3,(H2,64,74)(H,66,77)(H,68,76)(H,69,75)(H,70,78)(H2,82,83,84)/t41-,42+,44-,46-,47-,54+/m0/s1. The van der Waals surface area contributed by atoms with Crippen molar-refractivity contribution in [3.05, 3.63) is 135 Å².